The number of thiazole rings is 1. The van der Waals surface area contributed by atoms with Crippen molar-refractivity contribution in [1.29, 1.82) is 0 Å². The highest BCUT2D eigenvalue weighted by Gasteiger charge is 2.29. The van der Waals surface area contributed by atoms with Crippen LogP contribution in [0.3, 0.4) is 0 Å². The summed E-state index contributed by atoms with van der Waals surface area (Å²) in [5.74, 6) is -0.587. The number of aromatic nitrogens is 1. The first-order valence-electron chi connectivity index (χ1n) is 5.77. The van der Waals surface area contributed by atoms with Gasteiger partial charge in [0.05, 0.1) is 11.3 Å². The van der Waals surface area contributed by atoms with Gasteiger partial charge in [-0.1, -0.05) is 23.9 Å². The number of carboxylic acid groups (broad SMARTS) is 1. The number of benzene rings is 1. The molecule has 0 atom stereocenters. The zero-order valence-corrected chi connectivity index (χ0v) is 12.4. The number of aromatic carboxylic acids is 1. The van der Waals surface area contributed by atoms with Gasteiger partial charge in [0.25, 0.3) is 0 Å². The predicted molar refractivity (Wildman–Crippen MR) is 74.8 cm³/mol. The van der Waals surface area contributed by atoms with Crippen LogP contribution in [-0.4, -0.2) is 16.1 Å². The molecule has 0 bridgehead atoms. The molecular formula is C13H10F3NO2S2. The fourth-order valence-electron chi connectivity index (χ4n) is 1.57. The van der Waals surface area contributed by atoms with Crippen LogP contribution in [0.15, 0.2) is 28.6 Å². The minimum atomic E-state index is -4.34. The van der Waals surface area contributed by atoms with Gasteiger partial charge in [-0.25, -0.2) is 9.78 Å². The summed E-state index contributed by atoms with van der Waals surface area (Å²) in [6, 6.07) is 4.89. The molecule has 112 valence electrons. The van der Waals surface area contributed by atoms with Gasteiger partial charge in [-0.15, -0.1) is 11.3 Å². The Hall–Kier alpha value is -1.54. The molecule has 0 saturated heterocycles. The predicted octanol–water partition coefficient (Wildman–Crippen LogP) is 4.46. The number of halogens is 3. The Balaban J connectivity index is 2.03. The number of hydrogen-bond acceptors (Lipinski definition) is 4. The van der Waals surface area contributed by atoms with Crippen molar-refractivity contribution in [3.63, 3.8) is 0 Å². The summed E-state index contributed by atoms with van der Waals surface area (Å²) in [7, 11) is 0. The van der Waals surface area contributed by atoms with Gasteiger partial charge in [0.15, 0.2) is 4.34 Å². The van der Waals surface area contributed by atoms with Gasteiger partial charge < -0.3 is 5.11 Å². The second-order valence-corrected chi connectivity index (χ2v) is 6.40. The average molecular weight is 333 g/mol. The molecule has 0 aliphatic rings. The van der Waals surface area contributed by atoms with E-state index in [1.54, 1.807) is 6.92 Å². The van der Waals surface area contributed by atoms with Gasteiger partial charge in [0.2, 0.25) is 0 Å². The normalized spacial score (nSPS) is 11.6. The lowest BCUT2D eigenvalue weighted by molar-refractivity contribution is -0.137. The van der Waals surface area contributed by atoms with Crippen LogP contribution in [0.4, 0.5) is 13.2 Å². The summed E-state index contributed by atoms with van der Waals surface area (Å²) in [6.45, 7) is 1.61. The molecule has 0 aliphatic heterocycles. The van der Waals surface area contributed by atoms with E-state index in [1.165, 1.54) is 23.9 Å². The van der Waals surface area contributed by atoms with Crippen molar-refractivity contribution >= 4 is 29.1 Å². The largest absolute Gasteiger partial charge is 0.477 e. The molecular weight excluding hydrogens is 323 g/mol. The molecule has 1 aromatic heterocycles. The van der Waals surface area contributed by atoms with Gasteiger partial charge >= 0.3 is 12.1 Å². The molecule has 0 fully saturated rings. The lowest BCUT2D eigenvalue weighted by atomic mass is 10.1. The third kappa shape index (κ3) is 3.98. The second-order valence-electron chi connectivity index (χ2n) is 4.18. The smallest absolute Gasteiger partial charge is 0.416 e. The highest BCUT2D eigenvalue weighted by molar-refractivity contribution is 8.00. The summed E-state index contributed by atoms with van der Waals surface area (Å²) >= 11 is 2.37. The summed E-state index contributed by atoms with van der Waals surface area (Å²) in [6.07, 6.45) is -4.34. The highest BCUT2D eigenvalue weighted by atomic mass is 32.2. The van der Waals surface area contributed by atoms with Gasteiger partial charge in [0.1, 0.15) is 4.88 Å². The Morgan fingerprint density at radius 2 is 1.95 bits per heavy atom. The van der Waals surface area contributed by atoms with Crippen molar-refractivity contribution in [2.45, 2.75) is 23.2 Å². The third-order valence-electron chi connectivity index (χ3n) is 2.61. The number of alkyl halides is 3. The SMILES string of the molecule is Cc1nc(SCc2ccc(C(F)(F)F)cc2)sc1C(=O)O. The number of nitrogens with zero attached hydrogens (tertiary/aromatic N) is 1. The Morgan fingerprint density at radius 1 is 1.33 bits per heavy atom. The first-order chi connectivity index (χ1) is 9.77. The standard InChI is InChI=1S/C13H10F3NO2S2/c1-7-10(11(18)19)21-12(17-7)20-6-8-2-4-9(5-3-8)13(14,15)16/h2-5H,6H2,1H3,(H,18,19). The Bertz CT molecular complexity index is 650. The molecule has 0 saturated carbocycles. The maximum atomic E-state index is 12.4. The van der Waals surface area contributed by atoms with Crippen LogP contribution in [0.2, 0.25) is 0 Å². The zero-order valence-electron chi connectivity index (χ0n) is 10.8. The molecule has 1 aromatic carbocycles. The Morgan fingerprint density at radius 3 is 2.43 bits per heavy atom. The third-order valence-corrected chi connectivity index (χ3v) is 4.97. The molecule has 0 aliphatic carbocycles. The molecule has 2 rings (SSSR count). The van der Waals surface area contributed by atoms with Crippen molar-refractivity contribution in [2.75, 3.05) is 0 Å². The van der Waals surface area contributed by atoms with Crippen molar-refractivity contribution in [1.82, 2.24) is 4.98 Å². The fraction of sp³-hybridized carbons (Fsp3) is 0.231. The van der Waals surface area contributed by atoms with Crippen molar-refractivity contribution < 1.29 is 23.1 Å². The van der Waals surface area contributed by atoms with Crippen LogP contribution in [0.25, 0.3) is 0 Å². The minimum Gasteiger partial charge on any atom is -0.477 e. The minimum absolute atomic E-state index is 0.185. The van der Waals surface area contributed by atoms with Gasteiger partial charge in [-0.05, 0) is 24.6 Å². The first kappa shape index (κ1) is 15.8. The first-order valence-corrected chi connectivity index (χ1v) is 7.57. The molecule has 21 heavy (non-hydrogen) atoms. The van der Waals surface area contributed by atoms with Crippen LogP contribution in [-0.2, 0) is 11.9 Å². The molecule has 0 radical (unpaired) electrons. The van der Waals surface area contributed by atoms with Crippen molar-refractivity contribution in [3.05, 3.63) is 46.0 Å². The average Bonchev–Trinajstić information content (AvgIpc) is 2.77. The molecule has 2 aromatic rings. The van der Waals surface area contributed by atoms with E-state index in [2.05, 4.69) is 4.98 Å². The molecule has 1 N–H and O–H groups in total. The van der Waals surface area contributed by atoms with Crippen LogP contribution in [0.5, 0.6) is 0 Å². The summed E-state index contributed by atoms with van der Waals surface area (Å²) < 4.78 is 37.9. The molecule has 0 unspecified atom stereocenters. The monoisotopic (exact) mass is 333 g/mol. The summed E-state index contributed by atoms with van der Waals surface area (Å²) in [5, 5.41) is 8.93. The second kappa shape index (κ2) is 6.07. The number of hydrogen-bond donors (Lipinski definition) is 1. The van der Waals surface area contributed by atoms with E-state index < -0.39 is 17.7 Å². The van der Waals surface area contributed by atoms with Crippen LogP contribution < -0.4 is 0 Å². The van der Waals surface area contributed by atoms with Crippen LogP contribution in [0.1, 0.15) is 26.5 Å². The topological polar surface area (TPSA) is 50.2 Å². The van der Waals surface area contributed by atoms with Crippen molar-refractivity contribution in [2.24, 2.45) is 0 Å². The van der Waals surface area contributed by atoms with E-state index in [-0.39, 0.29) is 4.88 Å². The van der Waals surface area contributed by atoms with Crippen LogP contribution >= 0.6 is 23.1 Å². The molecule has 0 amide bonds. The lowest BCUT2D eigenvalue weighted by Gasteiger charge is -2.06. The van der Waals surface area contributed by atoms with Gasteiger partial charge in [-0.2, -0.15) is 13.2 Å². The summed E-state index contributed by atoms with van der Waals surface area (Å²) in [5.41, 5.74) is 0.481. The van der Waals surface area contributed by atoms with Crippen LogP contribution in [0, 0.1) is 6.92 Å². The maximum Gasteiger partial charge on any atom is 0.416 e. The molecule has 1 heterocycles. The van der Waals surface area contributed by atoms with E-state index in [1.807, 2.05) is 0 Å². The van der Waals surface area contributed by atoms with E-state index >= 15 is 0 Å². The van der Waals surface area contributed by atoms with Gasteiger partial charge in [0, 0.05) is 5.75 Å². The highest BCUT2D eigenvalue weighted by Crippen LogP contribution is 2.32. The van der Waals surface area contributed by atoms with Crippen molar-refractivity contribution in [3.8, 4) is 0 Å². The Kier molecular flexibility index (Phi) is 4.58. The molecule has 3 nitrogen and oxygen atoms in total. The number of carbonyl (C=O) groups is 1. The maximum absolute atomic E-state index is 12.4. The lowest BCUT2D eigenvalue weighted by Crippen LogP contribution is -2.04. The molecule has 8 heteroatoms. The molecule has 0 spiro atoms. The van der Waals surface area contributed by atoms with Gasteiger partial charge in [-0.3, -0.25) is 0 Å². The number of thioether (sulfide) groups is 1. The number of carboxylic acids is 1. The van der Waals surface area contributed by atoms with E-state index in [9.17, 15) is 18.0 Å². The zero-order chi connectivity index (χ0) is 15.6. The van der Waals surface area contributed by atoms with E-state index in [4.69, 9.17) is 5.11 Å². The number of rotatable bonds is 4. The Labute approximate surface area is 126 Å². The van der Waals surface area contributed by atoms with E-state index in [0.717, 1.165) is 29.0 Å². The number of aryl methyl sites for hydroxylation is 1. The summed E-state index contributed by atoms with van der Waals surface area (Å²) in [4.78, 5) is 15.2. The fourth-order valence-corrected chi connectivity index (χ4v) is 3.55. The van der Waals surface area contributed by atoms with E-state index in [0.29, 0.717) is 15.8 Å². The quantitative estimate of drug-likeness (QED) is 0.839.